The molecule has 1 aromatic rings. The first-order chi connectivity index (χ1) is 8.00. The van der Waals surface area contributed by atoms with Crippen LogP contribution in [0.25, 0.3) is 6.08 Å². The fraction of sp³-hybridized carbons (Fsp3) is 0.308. The van der Waals surface area contributed by atoms with E-state index in [1.807, 2.05) is 24.3 Å². The number of hydrogen-bond acceptors (Lipinski definition) is 2. The summed E-state index contributed by atoms with van der Waals surface area (Å²) >= 11 is 3.41. The minimum Gasteiger partial charge on any atom is -0.392 e. The smallest absolute Gasteiger partial charge is 0.246 e. The highest BCUT2D eigenvalue weighted by molar-refractivity contribution is 9.10. The molecule has 0 saturated heterocycles. The zero-order chi connectivity index (χ0) is 12.8. The van der Waals surface area contributed by atoms with Crippen LogP contribution in [0.15, 0.2) is 34.8 Å². The molecular formula is C13H16BrNO2. The van der Waals surface area contributed by atoms with Crippen LogP contribution in [0.5, 0.6) is 0 Å². The predicted octanol–water partition coefficient (Wildman–Crippen LogP) is 2.30. The Bertz CT molecular complexity index is 416. The van der Waals surface area contributed by atoms with E-state index >= 15 is 0 Å². The Morgan fingerprint density at radius 3 is 2.76 bits per heavy atom. The van der Waals surface area contributed by atoms with Crippen LogP contribution in [0, 0.1) is 0 Å². The molecule has 0 spiro atoms. The summed E-state index contributed by atoms with van der Waals surface area (Å²) in [5, 5.41) is 9.18. The van der Waals surface area contributed by atoms with Crippen LogP contribution < -0.4 is 0 Å². The van der Waals surface area contributed by atoms with Gasteiger partial charge in [-0.15, -0.1) is 0 Å². The molecule has 0 bridgehead atoms. The molecule has 0 radical (unpaired) electrons. The number of rotatable bonds is 4. The third-order valence-electron chi connectivity index (χ3n) is 2.22. The Kier molecular flexibility index (Phi) is 5.38. The van der Waals surface area contributed by atoms with Gasteiger partial charge in [-0.3, -0.25) is 4.79 Å². The molecule has 0 aliphatic carbocycles. The number of carbonyl (C=O) groups is 1. The zero-order valence-electron chi connectivity index (χ0n) is 9.93. The van der Waals surface area contributed by atoms with Gasteiger partial charge in [0.05, 0.1) is 6.10 Å². The number of aliphatic hydroxyl groups excluding tert-OH is 1. The predicted molar refractivity (Wildman–Crippen MR) is 72.5 cm³/mol. The normalized spacial score (nSPS) is 12.7. The van der Waals surface area contributed by atoms with Gasteiger partial charge in [-0.05, 0) is 24.6 Å². The molecule has 3 nitrogen and oxygen atoms in total. The molecule has 92 valence electrons. The highest BCUT2D eigenvalue weighted by Crippen LogP contribution is 2.17. The third kappa shape index (κ3) is 4.71. The number of carbonyl (C=O) groups excluding carboxylic acids is 1. The van der Waals surface area contributed by atoms with Gasteiger partial charge in [0.2, 0.25) is 5.91 Å². The molecule has 0 aromatic heterocycles. The van der Waals surface area contributed by atoms with Crippen molar-refractivity contribution in [2.45, 2.75) is 13.0 Å². The van der Waals surface area contributed by atoms with Gasteiger partial charge in [-0.2, -0.15) is 0 Å². The molecule has 1 atom stereocenters. The fourth-order valence-electron chi connectivity index (χ4n) is 1.38. The molecule has 0 fully saturated rings. The second-order valence-electron chi connectivity index (χ2n) is 3.92. The quantitative estimate of drug-likeness (QED) is 0.867. The molecule has 0 aliphatic heterocycles. The first-order valence-electron chi connectivity index (χ1n) is 5.36. The van der Waals surface area contributed by atoms with Crippen LogP contribution in [-0.4, -0.2) is 35.6 Å². The topological polar surface area (TPSA) is 40.5 Å². The monoisotopic (exact) mass is 297 g/mol. The van der Waals surface area contributed by atoms with E-state index < -0.39 is 6.10 Å². The number of hydrogen-bond donors (Lipinski definition) is 1. The van der Waals surface area contributed by atoms with E-state index in [1.54, 1.807) is 20.0 Å². The molecule has 0 saturated carbocycles. The minimum absolute atomic E-state index is 0.123. The van der Waals surface area contributed by atoms with Crippen LogP contribution in [0.2, 0.25) is 0 Å². The van der Waals surface area contributed by atoms with Gasteiger partial charge in [-0.1, -0.05) is 34.1 Å². The van der Waals surface area contributed by atoms with Gasteiger partial charge < -0.3 is 10.0 Å². The molecule has 1 aromatic carbocycles. The van der Waals surface area contributed by atoms with Gasteiger partial charge in [0, 0.05) is 24.1 Å². The summed E-state index contributed by atoms with van der Waals surface area (Å²) in [6.45, 7) is 1.99. The average Bonchev–Trinajstić information content (AvgIpc) is 2.26. The lowest BCUT2D eigenvalue weighted by molar-refractivity contribution is -0.125. The Hall–Kier alpha value is -1.13. The second-order valence-corrected chi connectivity index (χ2v) is 4.78. The lowest BCUT2D eigenvalue weighted by Gasteiger charge is -2.16. The van der Waals surface area contributed by atoms with Crippen LogP contribution in [0.3, 0.4) is 0 Å². The molecule has 17 heavy (non-hydrogen) atoms. The maximum Gasteiger partial charge on any atom is 0.246 e. The van der Waals surface area contributed by atoms with Crippen LogP contribution in [0.1, 0.15) is 12.5 Å². The van der Waals surface area contributed by atoms with Gasteiger partial charge in [0.1, 0.15) is 0 Å². The van der Waals surface area contributed by atoms with Gasteiger partial charge >= 0.3 is 0 Å². The summed E-state index contributed by atoms with van der Waals surface area (Å²) in [6, 6.07) is 7.67. The van der Waals surface area contributed by atoms with Crippen LogP contribution in [-0.2, 0) is 4.79 Å². The summed E-state index contributed by atoms with van der Waals surface area (Å²) in [5.41, 5.74) is 0.950. The molecular weight excluding hydrogens is 282 g/mol. The van der Waals surface area contributed by atoms with E-state index in [9.17, 15) is 9.90 Å². The highest BCUT2D eigenvalue weighted by Gasteiger charge is 2.07. The van der Waals surface area contributed by atoms with Crippen molar-refractivity contribution in [3.05, 3.63) is 40.4 Å². The number of likely N-dealkylation sites (N-methyl/N-ethyl adjacent to an activating group) is 1. The van der Waals surface area contributed by atoms with E-state index in [-0.39, 0.29) is 5.91 Å². The van der Waals surface area contributed by atoms with Crippen molar-refractivity contribution in [3.8, 4) is 0 Å². The van der Waals surface area contributed by atoms with Crippen molar-refractivity contribution in [1.29, 1.82) is 0 Å². The number of aliphatic hydroxyl groups is 1. The number of amides is 1. The molecule has 1 amide bonds. The van der Waals surface area contributed by atoms with Crippen molar-refractivity contribution >= 4 is 27.9 Å². The molecule has 1 unspecified atom stereocenters. The summed E-state index contributed by atoms with van der Waals surface area (Å²) in [4.78, 5) is 13.2. The Balaban J connectivity index is 2.65. The Morgan fingerprint density at radius 1 is 1.53 bits per heavy atom. The lowest BCUT2D eigenvalue weighted by atomic mass is 10.2. The standard InChI is InChI=1S/C13H16BrNO2/c1-10(16)9-15(2)13(17)8-7-11-5-3-4-6-12(11)14/h3-8,10,16H,9H2,1-2H3. The maximum absolute atomic E-state index is 11.7. The van der Waals surface area contributed by atoms with E-state index in [2.05, 4.69) is 15.9 Å². The van der Waals surface area contributed by atoms with Crippen molar-refractivity contribution in [2.75, 3.05) is 13.6 Å². The molecule has 0 heterocycles. The van der Waals surface area contributed by atoms with Crippen molar-refractivity contribution < 1.29 is 9.90 Å². The van der Waals surface area contributed by atoms with Gasteiger partial charge in [-0.25, -0.2) is 0 Å². The van der Waals surface area contributed by atoms with Crippen LogP contribution in [0.4, 0.5) is 0 Å². The van der Waals surface area contributed by atoms with E-state index in [4.69, 9.17) is 0 Å². The summed E-state index contributed by atoms with van der Waals surface area (Å²) in [7, 11) is 1.67. The first kappa shape index (κ1) is 13.9. The third-order valence-corrected chi connectivity index (χ3v) is 2.95. The van der Waals surface area contributed by atoms with Gasteiger partial charge in [0.25, 0.3) is 0 Å². The maximum atomic E-state index is 11.7. The number of halogens is 1. The molecule has 0 aliphatic rings. The fourth-order valence-corrected chi connectivity index (χ4v) is 1.80. The summed E-state index contributed by atoms with van der Waals surface area (Å²) in [5.74, 6) is -0.123. The second kappa shape index (κ2) is 6.57. The SMILES string of the molecule is CC(O)CN(C)C(=O)C=Cc1ccccc1Br. The molecule has 4 heteroatoms. The van der Waals surface area contributed by atoms with Crippen molar-refractivity contribution in [3.63, 3.8) is 0 Å². The molecule has 1 rings (SSSR count). The zero-order valence-corrected chi connectivity index (χ0v) is 11.5. The van der Waals surface area contributed by atoms with Crippen molar-refractivity contribution in [1.82, 2.24) is 4.90 Å². The average molecular weight is 298 g/mol. The van der Waals surface area contributed by atoms with E-state index in [0.717, 1.165) is 10.0 Å². The van der Waals surface area contributed by atoms with Crippen LogP contribution >= 0.6 is 15.9 Å². The highest BCUT2D eigenvalue weighted by atomic mass is 79.9. The lowest BCUT2D eigenvalue weighted by Crippen LogP contribution is -2.31. The number of nitrogens with zero attached hydrogens (tertiary/aromatic N) is 1. The Labute approximate surface area is 110 Å². The summed E-state index contributed by atoms with van der Waals surface area (Å²) in [6.07, 6.45) is 2.74. The van der Waals surface area contributed by atoms with E-state index in [1.165, 1.54) is 11.0 Å². The molecule has 1 N–H and O–H groups in total. The summed E-state index contributed by atoms with van der Waals surface area (Å²) < 4.78 is 0.947. The van der Waals surface area contributed by atoms with Gasteiger partial charge in [0.15, 0.2) is 0 Å². The largest absolute Gasteiger partial charge is 0.392 e. The minimum atomic E-state index is -0.513. The number of benzene rings is 1. The Morgan fingerprint density at radius 2 is 2.18 bits per heavy atom. The van der Waals surface area contributed by atoms with Crippen molar-refractivity contribution in [2.24, 2.45) is 0 Å². The first-order valence-corrected chi connectivity index (χ1v) is 6.15. The van der Waals surface area contributed by atoms with E-state index in [0.29, 0.717) is 6.54 Å².